The Morgan fingerprint density at radius 1 is 1.37 bits per heavy atom. The average molecular weight is 302 g/mol. The second-order valence-electron chi connectivity index (χ2n) is 3.60. The lowest BCUT2D eigenvalue weighted by molar-refractivity contribution is -0.111. The van der Waals surface area contributed by atoms with Gasteiger partial charge in [0, 0.05) is 6.54 Å². The van der Waals surface area contributed by atoms with E-state index in [4.69, 9.17) is 10.7 Å². The van der Waals surface area contributed by atoms with E-state index < -0.39 is 17.8 Å². The van der Waals surface area contributed by atoms with Crippen LogP contribution in [0, 0.1) is 5.82 Å². The number of halogens is 2. The van der Waals surface area contributed by atoms with E-state index in [-0.39, 0.29) is 18.1 Å². The van der Waals surface area contributed by atoms with E-state index in [0.717, 1.165) is 9.80 Å². The van der Waals surface area contributed by atoms with Crippen molar-refractivity contribution >= 4 is 45.3 Å². The summed E-state index contributed by atoms with van der Waals surface area (Å²) in [7, 11) is 5.39. The third-order valence-corrected chi connectivity index (χ3v) is 3.05. The minimum absolute atomic E-state index is 0.0966. The summed E-state index contributed by atoms with van der Waals surface area (Å²) in [4.78, 5) is 26.1. The molecule has 8 heteroatoms. The van der Waals surface area contributed by atoms with Gasteiger partial charge < -0.3 is 0 Å². The number of nitrogens with zero attached hydrogens (tertiary/aromatic N) is 3. The number of anilines is 1. The van der Waals surface area contributed by atoms with E-state index in [1.807, 2.05) is 0 Å². The summed E-state index contributed by atoms with van der Waals surface area (Å²) < 4.78 is 17.4. The Hall–Kier alpha value is -1.60. The van der Waals surface area contributed by atoms with Crippen LogP contribution in [0.4, 0.5) is 14.9 Å². The van der Waals surface area contributed by atoms with Crippen LogP contribution >= 0.6 is 21.8 Å². The van der Waals surface area contributed by atoms with Crippen LogP contribution in [-0.4, -0.2) is 29.2 Å². The predicted octanol–water partition coefficient (Wildman–Crippen LogP) is 2.81. The lowest BCUT2D eigenvalue weighted by atomic mass is 10.3. The summed E-state index contributed by atoms with van der Waals surface area (Å²) in [5, 5.41) is 0. The fourth-order valence-electron chi connectivity index (χ4n) is 1.77. The van der Waals surface area contributed by atoms with Gasteiger partial charge >= 0.3 is 11.9 Å². The summed E-state index contributed by atoms with van der Waals surface area (Å²) in [5.41, 5.74) is -0.0966. The highest BCUT2D eigenvalue weighted by Gasteiger charge is 2.43. The topological polar surface area (TPSA) is 53.0 Å². The van der Waals surface area contributed by atoms with Crippen molar-refractivity contribution in [2.75, 3.05) is 11.4 Å². The number of carbonyl (C=O) groups excluding carboxylic acids is 2. The number of hydrogen-bond acceptors (Lipinski definition) is 4. The Morgan fingerprint density at radius 3 is 2.63 bits per heavy atom. The number of likely N-dealkylation sites (N-methyl/N-ethyl adjacent to an activating group) is 1. The standard InChI is InChI=1S/C11H9ClFN3O2S/c1-2-15-9(14-19-12)10(17)16(11(15)18)8-6-4-3-5-7(8)13/h3-6H,2H2,1H3/b14-9-. The van der Waals surface area contributed by atoms with Crippen LogP contribution in [0.1, 0.15) is 6.92 Å². The van der Waals surface area contributed by atoms with Gasteiger partial charge in [0.1, 0.15) is 5.82 Å². The van der Waals surface area contributed by atoms with Crippen molar-refractivity contribution in [3.05, 3.63) is 30.1 Å². The molecule has 1 fully saturated rings. The second-order valence-corrected chi connectivity index (χ2v) is 4.34. The van der Waals surface area contributed by atoms with Crippen LogP contribution in [0.3, 0.4) is 0 Å². The zero-order valence-electron chi connectivity index (χ0n) is 9.84. The van der Waals surface area contributed by atoms with Gasteiger partial charge in [0.25, 0.3) is 0 Å². The number of hydrogen-bond donors (Lipinski definition) is 0. The van der Waals surface area contributed by atoms with Crippen LogP contribution in [-0.2, 0) is 4.79 Å². The maximum Gasteiger partial charge on any atom is 0.337 e. The Labute approximate surface area is 117 Å². The first-order chi connectivity index (χ1) is 9.11. The number of rotatable bonds is 3. The van der Waals surface area contributed by atoms with Gasteiger partial charge in [-0.25, -0.2) is 14.1 Å². The molecule has 2 rings (SSSR count). The third kappa shape index (κ3) is 2.31. The number of amides is 3. The number of para-hydroxylation sites is 1. The molecule has 0 aliphatic carbocycles. The zero-order chi connectivity index (χ0) is 14.0. The number of carbonyl (C=O) groups is 2. The first-order valence-corrected chi connectivity index (χ1v) is 6.98. The number of imide groups is 1. The molecule has 1 saturated heterocycles. The van der Waals surface area contributed by atoms with Crippen molar-refractivity contribution in [1.29, 1.82) is 0 Å². The molecule has 0 spiro atoms. The van der Waals surface area contributed by atoms with Gasteiger partial charge in [0.15, 0.2) is 0 Å². The normalized spacial score (nSPS) is 17.7. The van der Waals surface area contributed by atoms with Gasteiger partial charge in [-0.2, -0.15) is 4.40 Å². The SMILES string of the molecule is CCN1C(=O)N(c2ccccc2F)C(=O)/C1=N/SCl. The number of benzene rings is 1. The van der Waals surface area contributed by atoms with Crippen LogP contribution in [0.25, 0.3) is 0 Å². The Kier molecular flexibility index (Phi) is 4.06. The van der Waals surface area contributed by atoms with E-state index in [1.165, 1.54) is 18.2 Å². The van der Waals surface area contributed by atoms with Crippen LogP contribution < -0.4 is 4.90 Å². The highest BCUT2D eigenvalue weighted by atomic mass is 35.7. The van der Waals surface area contributed by atoms with E-state index in [9.17, 15) is 14.0 Å². The highest BCUT2D eigenvalue weighted by Crippen LogP contribution is 2.26. The molecule has 0 unspecified atom stereocenters. The monoisotopic (exact) mass is 301 g/mol. The lowest BCUT2D eigenvalue weighted by Crippen LogP contribution is -2.33. The third-order valence-electron chi connectivity index (χ3n) is 2.60. The number of urea groups is 1. The van der Waals surface area contributed by atoms with Crippen molar-refractivity contribution in [3.8, 4) is 0 Å². The molecule has 0 atom stereocenters. The van der Waals surface area contributed by atoms with Crippen molar-refractivity contribution in [1.82, 2.24) is 4.90 Å². The fraction of sp³-hybridized carbons (Fsp3) is 0.182. The molecule has 100 valence electrons. The molecule has 1 heterocycles. The van der Waals surface area contributed by atoms with Gasteiger partial charge in [0.2, 0.25) is 5.84 Å². The molecule has 1 aliphatic rings. The number of amidine groups is 1. The Bertz CT molecular complexity index is 567. The van der Waals surface area contributed by atoms with Gasteiger partial charge in [-0.3, -0.25) is 9.69 Å². The highest BCUT2D eigenvalue weighted by molar-refractivity contribution is 8.20. The van der Waals surface area contributed by atoms with Crippen molar-refractivity contribution < 1.29 is 14.0 Å². The summed E-state index contributed by atoms with van der Waals surface area (Å²) in [6.07, 6.45) is 0. The minimum atomic E-state index is -0.690. The van der Waals surface area contributed by atoms with E-state index in [2.05, 4.69) is 4.40 Å². The molecule has 19 heavy (non-hydrogen) atoms. The van der Waals surface area contributed by atoms with Crippen molar-refractivity contribution in [2.45, 2.75) is 6.92 Å². The Morgan fingerprint density at radius 2 is 2.05 bits per heavy atom. The molecule has 0 saturated carbocycles. The molecule has 1 aromatic carbocycles. The van der Waals surface area contributed by atoms with E-state index in [0.29, 0.717) is 11.2 Å². The summed E-state index contributed by atoms with van der Waals surface area (Å²) in [6.45, 7) is 1.93. The summed E-state index contributed by atoms with van der Waals surface area (Å²) in [5.74, 6) is -1.44. The molecule has 3 amide bonds. The van der Waals surface area contributed by atoms with Crippen molar-refractivity contribution in [3.63, 3.8) is 0 Å². The summed E-state index contributed by atoms with van der Waals surface area (Å²) in [6, 6.07) is 4.92. The largest absolute Gasteiger partial charge is 0.337 e. The van der Waals surface area contributed by atoms with Crippen LogP contribution in [0.15, 0.2) is 28.7 Å². The maximum absolute atomic E-state index is 13.7. The molecular weight excluding hydrogens is 293 g/mol. The molecule has 0 radical (unpaired) electrons. The molecule has 0 N–H and O–H groups in total. The molecule has 0 aromatic heterocycles. The smallest absolute Gasteiger partial charge is 0.273 e. The quantitative estimate of drug-likeness (QED) is 0.637. The summed E-state index contributed by atoms with van der Waals surface area (Å²) >= 11 is 0.550. The van der Waals surface area contributed by atoms with Gasteiger partial charge in [0.05, 0.1) is 16.8 Å². The minimum Gasteiger partial charge on any atom is -0.273 e. The van der Waals surface area contributed by atoms with Crippen LogP contribution in [0.5, 0.6) is 0 Å². The van der Waals surface area contributed by atoms with E-state index >= 15 is 0 Å². The Balaban J connectivity index is 2.49. The zero-order valence-corrected chi connectivity index (χ0v) is 11.4. The molecule has 1 aliphatic heterocycles. The van der Waals surface area contributed by atoms with Gasteiger partial charge in [-0.15, -0.1) is 0 Å². The molecule has 5 nitrogen and oxygen atoms in total. The van der Waals surface area contributed by atoms with Gasteiger partial charge in [-0.1, -0.05) is 12.1 Å². The van der Waals surface area contributed by atoms with Crippen LogP contribution in [0.2, 0.25) is 0 Å². The fourth-order valence-corrected chi connectivity index (χ4v) is 2.20. The molecular formula is C11H9ClFN3O2S. The molecule has 1 aromatic rings. The van der Waals surface area contributed by atoms with E-state index in [1.54, 1.807) is 13.0 Å². The first kappa shape index (κ1) is 13.8. The van der Waals surface area contributed by atoms with Crippen molar-refractivity contribution in [2.24, 2.45) is 4.40 Å². The first-order valence-electron chi connectivity index (χ1n) is 5.38. The lowest BCUT2D eigenvalue weighted by Gasteiger charge is -2.14. The predicted molar refractivity (Wildman–Crippen MR) is 72.5 cm³/mol. The van der Waals surface area contributed by atoms with Gasteiger partial charge in [-0.05, 0) is 29.7 Å². The maximum atomic E-state index is 13.7. The average Bonchev–Trinajstić information content (AvgIpc) is 2.63. The second kappa shape index (κ2) is 5.58. The molecule has 0 bridgehead atoms.